The van der Waals surface area contributed by atoms with Gasteiger partial charge in [0, 0.05) is 6.61 Å². The number of nitrogens with two attached hydrogens (primary N) is 1. The van der Waals surface area contributed by atoms with E-state index in [-0.39, 0.29) is 26.4 Å². The maximum absolute atomic E-state index is 13.0. The lowest BCUT2D eigenvalue weighted by atomic mass is 9.98. The summed E-state index contributed by atoms with van der Waals surface area (Å²) in [6.07, 6.45) is 17.2. The van der Waals surface area contributed by atoms with Gasteiger partial charge in [-0.1, -0.05) is 115 Å². The minimum atomic E-state index is -4.53. The number of nitrogen functional groups attached to an aromatic ring is 1. The van der Waals surface area contributed by atoms with Gasteiger partial charge in [0.15, 0.2) is 5.82 Å². The molecule has 15 heteroatoms. The lowest BCUT2D eigenvalue weighted by molar-refractivity contribution is -0.137. The van der Waals surface area contributed by atoms with Gasteiger partial charge >= 0.3 is 14.0 Å². The molecule has 1 fully saturated rings. The standard InChI is InChI=1S/C41H64F3N4O7P/c1-3-4-5-6-7-8-9-10-11-12-13-14-15-16-17-18-27-51-29-36(52-28-33-19-21-34(22-20-33)41(42,43)44)31-54-56(49,50)53-30-35-25-26-40(2,55-35)38-24-23-37-39(45)46-32-47-48(37)38/h19-24,32,35-36H,3-18,25-31H2,1-2H3,(H,49,50)(H2,45,46,47)/t35-,36+,40+/m0/s1. The Labute approximate surface area is 330 Å². The predicted molar refractivity (Wildman–Crippen MR) is 211 cm³/mol. The summed E-state index contributed by atoms with van der Waals surface area (Å²) < 4.78 is 82.5. The molecule has 0 amide bonds. The molecule has 56 heavy (non-hydrogen) atoms. The van der Waals surface area contributed by atoms with Crippen molar-refractivity contribution < 1.29 is 45.9 Å². The molecule has 0 radical (unpaired) electrons. The topological polar surface area (TPSA) is 140 Å². The van der Waals surface area contributed by atoms with E-state index in [1.54, 1.807) is 4.52 Å². The summed E-state index contributed by atoms with van der Waals surface area (Å²) in [5.41, 5.74) is 6.44. The largest absolute Gasteiger partial charge is 0.472 e. The monoisotopic (exact) mass is 812 g/mol. The Morgan fingerprint density at radius 2 is 1.52 bits per heavy atom. The fourth-order valence-electron chi connectivity index (χ4n) is 7.09. The number of alkyl halides is 3. The highest BCUT2D eigenvalue weighted by atomic mass is 31.2. The summed E-state index contributed by atoms with van der Waals surface area (Å²) >= 11 is 0. The van der Waals surface area contributed by atoms with Crippen molar-refractivity contribution in [1.29, 1.82) is 0 Å². The van der Waals surface area contributed by atoms with Gasteiger partial charge in [0.2, 0.25) is 0 Å². The summed E-state index contributed by atoms with van der Waals surface area (Å²) in [4.78, 5) is 14.6. The van der Waals surface area contributed by atoms with Crippen molar-refractivity contribution in [2.24, 2.45) is 0 Å². The first-order valence-corrected chi connectivity index (χ1v) is 22.1. The van der Waals surface area contributed by atoms with Crippen LogP contribution in [0.1, 0.15) is 146 Å². The van der Waals surface area contributed by atoms with Crippen molar-refractivity contribution in [2.45, 2.75) is 160 Å². The Bertz CT molecular complexity index is 1600. The Balaban J connectivity index is 1.14. The second kappa shape index (κ2) is 23.7. The van der Waals surface area contributed by atoms with E-state index >= 15 is 0 Å². The lowest BCUT2D eigenvalue weighted by Crippen LogP contribution is -2.27. The van der Waals surface area contributed by atoms with Gasteiger partial charge in [-0.25, -0.2) is 14.1 Å². The molecule has 1 aliphatic heterocycles. The molecule has 11 nitrogen and oxygen atoms in total. The molecule has 316 valence electrons. The fourth-order valence-corrected chi connectivity index (χ4v) is 7.87. The van der Waals surface area contributed by atoms with Crippen LogP contribution < -0.4 is 5.73 Å². The quantitative estimate of drug-likeness (QED) is 0.0514. The fraction of sp³-hybridized carbons (Fsp3) is 0.707. The molecule has 1 aromatic carbocycles. The summed E-state index contributed by atoms with van der Waals surface area (Å²) in [6, 6.07) is 8.35. The van der Waals surface area contributed by atoms with Crippen molar-refractivity contribution in [3.63, 3.8) is 0 Å². The molecular formula is C41H64F3N4O7P. The molecular weight excluding hydrogens is 748 g/mol. The minimum absolute atomic E-state index is 0.0371. The summed E-state index contributed by atoms with van der Waals surface area (Å²) in [5, 5.41) is 4.30. The van der Waals surface area contributed by atoms with E-state index in [1.165, 1.54) is 102 Å². The van der Waals surface area contributed by atoms with Crippen LogP contribution in [0.5, 0.6) is 0 Å². The van der Waals surface area contributed by atoms with Gasteiger partial charge in [-0.05, 0) is 56.0 Å². The number of hydrogen-bond donors (Lipinski definition) is 2. The van der Waals surface area contributed by atoms with Crippen LogP contribution in [0.25, 0.3) is 5.52 Å². The number of unbranched alkanes of at least 4 members (excludes halogenated alkanes) is 15. The lowest BCUT2D eigenvalue weighted by Gasteiger charge is -2.25. The van der Waals surface area contributed by atoms with E-state index in [2.05, 4.69) is 17.0 Å². The van der Waals surface area contributed by atoms with E-state index in [9.17, 15) is 22.6 Å². The van der Waals surface area contributed by atoms with Gasteiger partial charge in [0.1, 0.15) is 23.5 Å². The number of ether oxygens (including phenoxy) is 3. The number of rotatable bonds is 29. The van der Waals surface area contributed by atoms with E-state index in [0.29, 0.717) is 36.3 Å². The number of halogens is 3. The van der Waals surface area contributed by atoms with Gasteiger partial charge < -0.3 is 24.8 Å². The van der Waals surface area contributed by atoms with Crippen LogP contribution in [0.15, 0.2) is 42.7 Å². The maximum Gasteiger partial charge on any atom is 0.472 e. The minimum Gasteiger partial charge on any atom is -0.382 e. The predicted octanol–water partition coefficient (Wildman–Crippen LogP) is 10.7. The molecule has 3 N–H and O–H groups in total. The van der Waals surface area contributed by atoms with Crippen molar-refractivity contribution in [3.05, 3.63) is 59.5 Å². The third kappa shape index (κ3) is 16.0. The molecule has 1 unspecified atom stereocenters. The Morgan fingerprint density at radius 3 is 2.12 bits per heavy atom. The van der Waals surface area contributed by atoms with Crippen LogP contribution in [0, 0.1) is 0 Å². The molecule has 4 atom stereocenters. The van der Waals surface area contributed by atoms with E-state index in [4.69, 9.17) is 29.0 Å². The molecule has 0 bridgehead atoms. The summed E-state index contributed by atoms with van der Waals surface area (Å²) in [6.45, 7) is 4.18. The molecule has 0 saturated carbocycles. The van der Waals surface area contributed by atoms with E-state index < -0.39 is 37.4 Å². The van der Waals surface area contributed by atoms with Gasteiger partial charge in [-0.15, -0.1) is 0 Å². The SMILES string of the molecule is CCCCCCCCCCCCCCCCCCOC[C@H](COP(=O)(O)OC[C@@H]1CC[C@](C)(c2ccc3c(N)ncnn23)O1)OCc1ccc(C(F)(F)F)cc1. The molecule has 1 aliphatic rings. The molecule has 0 spiro atoms. The van der Waals surface area contributed by atoms with Crippen molar-refractivity contribution in [2.75, 3.05) is 32.2 Å². The number of phosphoric acid groups is 1. The Morgan fingerprint density at radius 1 is 0.911 bits per heavy atom. The normalized spacial score (nSPS) is 19.1. The molecule has 1 saturated heterocycles. The Hall–Kier alpha value is -2.58. The van der Waals surface area contributed by atoms with E-state index in [0.717, 1.165) is 37.1 Å². The molecule has 3 heterocycles. The van der Waals surface area contributed by atoms with Crippen molar-refractivity contribution >= 4 is 19.2 Å². The molecule has 4 rings (SSSR count). The van der Waals surface area contributed by atoms with Gasteiger partial charge in [0.05, 0.1) is 43.8 Å². The van der Waals surface area contributed by atoms with Gasteiger partial charge in [0.25, 0.3) is 0 Å². The van der Waals surface area contributed by atoms with Crippen molar-refractivity contribution in [3.8, 4) is 0 Å². The maximum atomic E-state index is 13.0. The number of fused-ring (bicyclic) bond motifs is 1. The number of phosphoric ester groups is 1. The highest BCUT2D eigenvalue weighted by Crippen LogP contribution is 2.46. The average molecular weight is 813 g/mol. The van der Waals surface area contributed by atoms with Crippen LogP contribution in [0.2, 0.25) is 0 Å². The second-order valence-electron chi connectivity index (χ2n) is 15.2. The number of aromatic nitrogens is 3. The van der Waals surface area contributed by atoms with Crippen LogP contribution in [0.4, 0.5) is 19.0 Å². The molecule has 2 aromatic heterocycles. The van der Waals surface area contributed by atoms with Gasteiger partial charge in [-0.3, -0.25) is 9.05 Å². The van der Waals surface area contributed by atoms with Gasteiger partial charge in [-0.2, -0.15) is 18.3 Å². The zero-order valence-electron chi connectivity index (χ0n) is 33.4. The zero-order chi connectivity index (χ0) is 40.3. The van der Waals surface area contributed by atoms with Crippen LogP contribution in [0.3, 0.4) is 0 Å². The first-order chi connectivity index (χ1) is 26.9. The molecule has 0 aliphatic carbocycles. The average Bonchev–Trinajstić information content (AvgIpc) is 3.79. The first kappa shape index (κ1) is 46.1. The number of nitrogens with zero attached hydrogens (tertiary/aromatic N) is 3. The smallest absolute Gasteiger partial charge is 0.382 e. The van der Waals surface area contributed by atoms with Crippen molar-refractivity contribution in [1.82, 2.24) is 14.6 Å². The highest BCUT2D eigenvalue weighted by Gasteiger charge is 2.41. The number of anilines is 1. The molecule has 3 aromatic rings. The highest BCUT2D eigenvalue weighted by molar-refractivity contribution is 7.47. The van der Waals surface area contributed by atoms with Crippen LogP contribution in [-0.2, 0) is 46.2 Å². The summed E-state index contributed by atoms with van der Waals surface area (Å²) in [7, 11) is -4.53. The van der Waals surface area contributed by atoms with Crippen LogP contribution >= 0.6 is 7.82 Å². The number of benzene rings is 1. The zero-order valence-corrected chi connectivity index (χ0v) is 34.3. The van der Waals surface area contributed by atoms with Crippen LogP contribution in [-0.4, -0.2) is 58.1 Å². The summed E-state index contributed by atoms with van der Waals surface area (Å²) in [5.74, 6) is 0.346. The third-order valence-corrected chi connectivity index (χ3v) is 11.4. The number of hydrogen-bond acceptors (Lipinski definition) is 9. The first-order valence-electron chi connectivity index (χ1n) is 20.6. The second-order valence-corrected chi connectivity index (χ2v) is 16.7. The van der Waals surface area contributed by atoms with E-state index in [1.807, 2.05) is 19.1 Å². The Kier molecular flexibility index (Phi) is 19.5. The third-order valence-electron chi connectivity index (χ3n) is 10.5.